The summed E-state index contributed by atoms with van der Waals surface area (Å²) in [6.07, 6.45) is 1.47. The Morgan fingerprint density at radius 2 is 2.15 bits per heavy atom. The monoisotopic (exact) mass is 280 g/mol. The summed E-state index contributed by atoms with van der Waals surface area (Å²) in [4.78, 5) is 13.2. The number of para-hydroxylation sites is 2. The number of aliphatic carboxylic acids is 1. The van der Waals surface area contributed by atoms with Crippen LogP contribution in [-0.2, 0) is 4.79 Å². The van der Waals surface area contributed by atoms with Crippen molar-refractivity contribution in [2.75, 3.05) is 32.1 Å². The van der Waals surface area contributed by atoms with E-state index < -0.39 is 12.0 Å². The van der Waals surface area contributed by atoms with Gasteiger partial charge in [-0.15, -0.1) is 0 Å². The highest BCUT2D eigenvalue weighted by Gasteiger charge is 2.17. The highest BCUT2D eigenvalue weighted by Crippen LogP contribution is 2.26. The van der Waals surface area contributed by atoms with Gasteiger partial charge in [-0.25, -0.2) is 0 Å². The molecule has 0 bridgehead atoms. The van der Waals surface area contributed by atoms with Gasteiger partial charge in [-0.05, 0) is 31.5 Å². The van der Waals surface area contributed by atoms with Crippen LogP contribution < -0.4 is 15.0 Å². The van der Waals surface area contributed by atoms with Crippen molar-refractivity contribution in [1.29, 1.82) is 0 Å². The molecular formula is C15H24N2O3. The third-order valence-electron chi connectivity index (χ3n) is 3.19. The third kappa shape index (κ3) is 4.74. The van der Waals surface area contributed by atoms with Crippen LogP contribution in [-0.4, -0.2) is 44.4 Å². The number of nitrogens with one attached hydrogen (secondary N) is 1. The first kappa shape index (κ1) is 16.3. The molecule has 1 atom stereocenters. The number of benzene rings is 1. The summed E-state index contributed by atoms with van der Waals surface area (Å²) in [5, 5.41) is 12.2. The summed E-state index contributed by atoms with van der Waals surface area (Å²) in [7, 11) is 3.58. The van der Waals surface area contributed by atoms with Gasteiger partial charge in [0.25, 0.3) is 0 Å². The average molecular weight is 280 g/mol. The van der Waals surface area contributed by atoms with Gasteiger partial charge >= 0.3 is 5.97 Å². The van der Waals surface area contributed by atoms with Crippen LogP contribution in [0.3, 0.4) is 0 Å². The van der Waals surface area contributed by atoms with Crippen LogP contribution >= 0.6 is 0 Å². The Balaban J connectivity index is 2.60. The van der Waals surface area contributed by atoms with E-state index in [1.807, 2.05) is 43.1 Å². The molecule has 0 saturated heterocycles. The lowest BCUT2D eigenvalue weighted by molar-refractivity contribution is -0.139. The fraction of sp³-hybridized carbons (Fsp3) is 0.533. The second-order valence-corrected chi connectivity index (χ2v) is 4.73. The van der Waals surface area contributed by atoms with E-state index in [-0.39, 0.29) is 0 Å². The number of nitrogens with zero attached hydrogens (tertiary/aromatic N) is 1. The molecule has 0 heterocycles. The molecule has 0 spiro atoms. The molecule has 0 aromatic heterocycles. The molecule has 0 fully saturated rings. The number of ether oxygens (including phenoxy) is 1. The highest BCUT2D eigenvalue weighted by molar-refractivity contribution is 5.73. The molecule has 2 N–H and O–H groups in total. The number of carboxylic acid groups (broad SMARTS) is 1. The van der Waals surface area contributed by atoms with Crippen LogP contribution in [0.5, 0.6) is 5.75 Å². The minimum Gasteiger partial charge on any atom is -0.495 e. The third-order valence-corrected chi connectivity index (χ3v) is 3.19. The minimum absolute atomic E-state index is 0.507. The smallest absolute Gasteiger partial charge is 0.320 e. The maximum absolute atomic E-state index is 11.2. The Morgan fingerprint density at radius 1 is 1.45 bits per heavy atom. The van der Waals surface area contributed by atoms with Crippen molar-refractivity contribution in [2.24, 2.45) is 0 Å². The largest absolute Gasteiger partial charge is 0.495 e. The first-order valence-corrected chi connectivity index (χ1v) is 6.90. The molecule has 112 valence electrons. The molecule has 0 amide bonds. The number of rotatable bonds is 9. The molecule has 1 aromatic rings. The van der Waals surface area contributed by atoms with E-state index in [1.165, 1.54) is 0 Å². The van der Waals surface area contributed by atoms with Crippen molar-refractivity contribution in [3.05, 3.63) is 24.3 Å². The van der Waals surface area contributed by atoms with E-state index in [2.05, 4.69) is 5.32 Å². The van der Waals surface area contributed by atoms with Gasteiger partial charge in [-0.1, -0.05) is 19.1 Å². The Bertz CT molecular complexity index is 423. The second kappa shape index (κ2) is 8.43. The molecule has 0 radical (unpaired) electrons. The number of anilines is 1. The highest BCUT2D eigenvalue weighted by atomic mass is 16.5. The molecular weight excluding hydrogens is 256 g/mol. The zero-order chi connectivity index (χ0) is 15.0. The van der Waals surface area contributed by atoms with E-state index in [0.717, 1.165) is 24.4 Å². The Kier molecular flexibility index (Phi) is 6.87. The van der Waals surface area contributed by atoms with Crippen molar-refractivity contribution >= 4 is 11.7 Å². The van der Waals surface area contributed by atoms with E-state index >= 15 is 0 Å². The Labute approximate surface area is 120 Å². The van der Waals surface area contributed by atoms with Crippen LogP contribution in [0.25, 0.3) is 0 Å². The number of carboxylic acids is 1. The Morgan fingerprint density at radius 3 is 2.75 bits per heavy atom. The van der Waals surface area contributed by atoms with E-state index in [0.29, 0.717) is 13.0 Å². The SMILES string of the molecule is CCCNC(CCN(C)c1ccccc1OC)C(=O)O. The summed E-state index contributed by atoms with van der Waals surface area (Å²) < 4.78 is 5.31. The lowest BCUT2D eigenvalue weighted by atomic mass is 10.2. The quantitative estimate of drug-likeness (QED) is 0.724. The molecule has 0 aliphatic carbocycles. The molecule has 5 nitrogen and oxygen atoms in total. The molecule has 1 aromatic carbocycles. The van der Waals surface area contributed by atoms with Gasteiger partial charge in [-0.3, -0.25) is 4.79 Å². The first-order valence-electron chi connectivity index (χ1n) is 6.90. The van der Waals surface area contributed by atoms with E-state index in [4.69, 9.17) is 4.74 Å². The maximum atomic E-state index is 11.2. The molecule has 0 aliphatic heterocycles. The number of hydrogen-bond acceptors (Lipinski definition) is 4. The topological polar surface area (TPSA) is 61.8 Å². The molecule has 0 aliphatic rings. The standard InChI is InChI=1S/C15H24N2O3/c1-4-10-16-12(15(18)19)9-11-17(2)13-7-5-6-8-14(13)20-3/h5-8,12,16H,4,9-11H2,1-3H3,(H,18,19). The van der Waals surface area contributed by atoms with Crippen LogP contribution in [0.15, 0.2) is 24.3 Å². The predicted molar refractivity (Wildman–Crippen MR) is 80.6 cm³/mol. The van der Waals surface area contributed by atoms with Gasteiger partial charge in [-0.2, -0.15) is 0 Å². The van der Waals surface area contributed by atoms with Gasteiger partial charge < -0.3 is 20.1 Å². The summed E-state index contributed by atoms with van der Waals surface area (Å²) in [5.41, 5.74) is 0.967. The molecule has 0 saturated carbocycles. The van der Waals surface area contributed by atoms with Gasteiger partial charge in [0.05, 0.1) is 12.8 Å². The lowest BCUT2D eigenvalue weighted by Crippen LogP contribution is -2.39. The maximum Gasteiger partial charge on any atom is 0.320 e. The van der Waals surface area contributed by atoms with Crippen LogP contribution in [0.1, 0.15) is 19.8 Å². The normalized spacial score (nSPS) is 11.9. The fourth-order valence-electron chi connectivity index (χ4n) is 2.02. The number of methoxy groups -OCH3 is 1. The Hall–Kier alpha value is -1.75. The molecule has 20 heavy (non-hydrogen) atoms. The van der Waals surface area contributed by atoms with Crippen molar-refractivity contribution in [3.63, 3.8) is 0 Å². The zero-order valence-corrected chi connectivity index (χ0v) is 12.4. The number of hydrogen-bond donors (Lipinski definition) is 2. The van der Waals surface area contributed by atoms with Crippen LogP contribution in [0.4, 0.5) is 5.69 Å². The van der Waals surface area contributed by atoms with Gasteiger partial charge in [0.2, 0.25) is 0 Å². The predicted octanol–water partition coefficient (Wildman–Crippen LogP) is 1.97. The van der Waals surface area contributed by atoms with Crippen molar-refractivity contribution < 1.29 is 14.6 Å². The van der Waals surface area contributed by atoms with Crippen molar-refractivity contribution in [2.45, 2.75) is 25.8 Å². The molecule has 5 heteroatoms. The van der Waals surface area contributed by atoms with Gasteiger partial charge in [0.1, 0.15) is 11.8 Å². The summed E-state index contributed by atoms with van der Waals surface area (Å²) in [6, 6.07) is 7.22. The summed E-state index contributed by atoms with van der Waals surface area (Å²) >= 11 is 0. The van der Waals surface area contributed by atoms with E-state index in [9.17, 15) is 9.90 Å². The number of carbonyl (C=O) groups is 1. The van der Waals surface area contributed by atoms with Gasteiger partial charge in [0.15, 0.2) is 0 Å². The minimum atomic E-state index is -0.799. The molecule has 1 unspecified atom stereocenters. The van der Waals surface area contributed by atoms with Crippen molar-refractivity contribution in [3.8, 4) is 5.75 Å². The van der Waals surface area contributed by atoms with Crippen LogP contribution in [0, 0.1) is 0 Å². The summed E-state index contributed by atoms with van der Waals surface area (Å²) in [6.45, 7) is 3.39. The zero-order valence-electron chi connectivity index (χ0n) is 12.4. The van der Waals surface area contributed by atoms with Crippen molar-refractivity contribution in [1.82, 2.24) is 5.32 Å². The second-order valence-electron chi connectivity index (χ2n) is 4.73. The summed E-state index contributed by atoms with van der Waals surface area (Å²) in [5.74, 6) is -0.00438. The average Bonchev–Trinajstić information content (AvgIpc) is 2.46. The molecule has 1 rings (SSSR count). The lowest BCUT2D eigenvalue weighted by Gasteiger charge is -2.23. The van der Waals surface area contributed by atoms with E-state index in [1.54, 1.807) is 7.11 Å². The first-order chi connectivity index (χ1) is 9.60. The van der Waals surface area contributed by atoms with Crippen LogP contribution in [0.2, 0.25) is 0 Å². The van der Waals surface area contributed by atoms with Gasteiger partial charge in [0, 0.05) is 13.6 Å². The fourth-order valence-corrected chi connectivity index (χ4v) is 2.02.